The van der Waals surface area contributed by atoms with Crippen molar-refractivity contribution in [3.63, 3.8) is 0 Å². The van der Waals surface area contributed by atoms with E-state index in [4.69, 9.17) is 10.5 Å². The average molecular weight is 299 g/mol. The van der Waals surface area contributed by atoms with Gasteiger partial charge in [-0.3, -0.25) is 4.79 Å². The van der Waals surface area contributed by atoms with E-state index in [1.807, 2.05) is 6.92 Å². The lowest BCUT2D eigenvalue weighted by Crippen LogP contribution is -2.39. The van der Waals surface area contributed by atoms with Crippen LogP contribution in [0.5, 0.6) is 0 Å². The third-order valence-electron chi connectivity index (χ3n) is 2.93. The molecule has 1 fully saturated rings. The Morgan fingerprint density at radius 2 is 2.35 bits per heavy atom. The van der Waals surface area contributed by atoms with E-state index in [0.717, 1.165) is 10.9 Å². The molecule has 1 aliphatic rings. The van der Waals surface area contributed by atoms with Gasteiger partial charge in [0.05, 0.1) is 17.7 Å². The molecule has 4 nitrogen and oxygen atoms in total. The van der Waals surface area contributed by atoms with Crippen LogP contribution in [-0.4, -0.2) is 24.7 Å². The molecule has 0 radical (unpaired) electrons. The lowest BCUT2D eigenvalue weighted by Gasteiger charge is -2.16. The zero-order valence-corrected chi connectivity index (χ0v) is 11.2. The van der Waals surface area contributed by atoms with Gasteiger partial charge in [0.2, 0.25) is 0 Å². The topological polar surface area (TPSA) is 64.3 Å². The highest BCUT2D eigenvalue weighted by Crippen LogP contribution is 2.20. The molecule has 3 N–H and O–H groups in total. The first-order chi connectivity index (χ1) is 8.08. The van der Waals surface area contributed by atoms with Gasteiger partial charge in [-0.25, -0.2) is 0 Å². The van der Waals surface area contributed by atoms with Crippen LogP contribution in [-0.2, 0) is 4.74 Å². The summed E-state index contributed by atoms with van der Waals surface area (Å²) in [5, 5.41) is 2.96. The van der Waals surface area contributed by atoms with Gasteiger partial charge in [-0.2, -0.15) is 0 Å². The number of carbonyl (C=O) groups excluding carboxylic acids is 1. The van der Waals surface area contributed by atoms with Crippen LogP contribution >= 0.6 is 15.9 Å². The summed E-state index contributed by atoms with van der Waals surface area (Å²) >= 11 is 3.35. The number of nitrogen functional groups attached to an aromatic ring is 1. The zero-order chi connectivity index (χ0) is 12.4. The highest BCUT2D eigenvalue weighted by atomic mass is 79.9. The average Bonchev–Trinajstić information content (AvgIpc) is 2.68. The van der Waals surface area contributed by atoms with Crippen molar-refractivity contribution in [2.24, 2.45) is 0 Å². The lowest BCUT2D eigenvalue weighted by atomic mass is 10.1. The van der Waals surface area contributed by atoms with Gasteiger partial charge >= 0.3 is 0 Å². The molecule has 0 aromatic heterocycles. The van der Waals surface area contributed by atoms with E-state index < -0.39 is 0 Å². The molecule has 2 atom stereocenters. The van der Waals surface area contributed by atoms with Crippen LogP contribution in [0.4, 0.5) is 5.69 Å². The van der Waals surface area contributed by atoms with Crippen molar-refractivity contribution in [3.8, 4) is 0 Å². The summed E-state index contributed by atoms with van der Waals surface area (Å²) in [6.07, 6.45) is 0.922. The summed E-state index contributed by atoms with van der Waals surface area (Å²) in [5.74, 6) is -0.119. The van der Waals surface area contributed by atoms with Crippen molar-refractivity contribution in [2.45, 2.75) is 25.5 Å². The first-order valence-electron chi connectivity index (χ1n) is 5.55. The highest BCUT2D eigenvalue weighted by Gasteiger charge is 2.26. The summed E-state index contributed by atoms with van der Waals surface area (Å²) in [7, 11) is 0. The molecule has 0 saturated carbocycles. The van der Waals surface area contributed by atoms with Crippen LogP contribution in [0, 0.1) is 0 Å². The van der Waals surface area contributed by atoms with Crippen LogP contribution < -0.4 is 11.1 Å². The number of benzene rings is 1. The first-order valence-corrected chi connectivity index (χ1v) is 6.34. The Bertz CT molecular complexity index is 437. The van der Waals surface area contributed by atoms with Crippen LogP contribution in [0.15, 0.2) is 22.7 Å². The SMILES string of the molecule is CC1OCCC1NC(=O)c1cc(N)ccc1Br. The van der Waals surface area contributed by atoms with Crippen molar-refractivity contribution in [2.75, 3.05) is 12.3 Å². The Kier molecular flexibility index (Phi) is 3.69. The molecule has 1 saturated heterocycles. The molecule has 1 aromatic rings. The van der Waals surface area contributed by atoms with Crippen molar-refractivity contribution in [3.05, 3.63) is 28.2 Å². The van der Waals surface area contributed by atoms with Gasteiger partial charge in [-0.05, 0) is 47.5 Å². The maximum Gasteiger partial charge on any atom is 0.252 e. The Balaban J connectivity index is 2.11. The predicted molar refractivity (Wildman–Crippen MR) is 69.8 cm³/mol. The van der Waals surface area contributed by atoms with Gasteiger partial charge in [0.25, 0.3) is 5.91 Å². The minimum atomic E-state index is -0.119. The van der Waals surface area contributed by atoms with E-state index in [-0.39, 0.29) is 18.1 Å². The normalized spacial score (nSPS) is 23.6. The number of halogens is 1. The standard InChI is InChI=1S/C12H15BrN2O2/c1-7-11(4-5-17-7)15-12(16)9-6-8(14)2-3-10(9)13/h2-3,6-7,11H,4-5,14H2,1H3,(H,15,16). The molecule has 5 heteroatoms. The molecular formula is C12H15BrN2O2. The number of hydrogen-bond donors (Lipinski definition) is 2. The van der Waals surface area contributed by atoms with Crippen molar-refractivity contribution in [1.82, 2.24) is 5.32 Å². The molecule has 2 rings (SSSR count). The number of rotatable bonds is 2. The first kappa shape index (κ1) is 12.4. The highest BCUT2D eigenvalue weighted by molar-refractivity contribution is 9.10. The predicted octanol–water partition coefficient (Wildman–Crippen LogP) is 1.94. The number of amides is 1. The summed E-state index contributed by atoms with van der Waals surface area (Å²) in [5.41, 5.74) is 6.81. The lowest BCUT2D eigenvalue weighted by molar-refractivity contribution is 0.0865. The third kappa shape index (κ3) is 2.79. The Morgan fingerprint density at radius 3 is 3.00 bits per heavy atom. The molecule has 1 aliphatic heterocycles. The Morgan fingerprint density at radius 1 is 1.59 bits per heavy atom. The maximum absolute atomic E-state index is 12.1. The molecule has 17 heavy (non-hydrogen) atoms. The van der Waals surface area contributed by atoms with Gasteiger partial charge in [-0.15, -0.1) is 0 Å². The molecule has 0 bridgehead atoms. The molecule has 0 aliphatic carbocycles. The summed E-state index contributed by atoms with van der Waals surface area (Å²) in [6, 6.07) is 5.27. The van der Waals surface area contributed by atoms with Gasteiger partial charge in [0, 0.05) is 16.8 Å². The fourth-order valence-corrected chi connectivity index (χ4v) is 2.31. The van der Waals surface area contributed by atoms with E-state index in [2.05, 4.69) is 21.2 Å². The Labute approximate surface area is 109 Å². The van der Waals surface area contributed by atoms with Gasteiger partial charge in [-0.1, -0.05) is 0 Å². The van der Waals surface area contributed by atoms with Crippen molar-refractivity contribution >= 4 is 27.5 Å². The quantitative estimate of drug-likeness (QED) is 0.820. The molecule has 0 spiro atoms. The number of hydrogen-bond acceptors (Lipinski definition) is 3. The monoisotopic (exact) mass is 298 g/mol. The van der Waals surface area contributed by atoms with Crippen LogP contribution in [0.1, 0.15) is 23.7 Å². The number of carbonyl (C=O) groups is 1. The number of ether oxygens (including phenoxy) is 1. The van der Waals surface area contributed by atoms with Crippen LogP contribution in [0.2, 0.25) is 0 Å². The number of anilines is 1. The Hall–Kier alpha value is -1.07. The van der Waals surface area contributed by atoms with Crippen LogP contribution in [0.25, 0.3) is 0 Å². The second-order valence-electron chi connectivity index (χ2n) is 4.18. The molecule has 92 valence electrons. The van der Waals surface area contributed by atoms with Gasteiger partial charge in [0.15, 0.2) is 0 Å². The van der Waals surface area contributed by atoms with E-state index in [0.29, 0.717) is 17.9 Å². The fourth-order valence-electron chi connectivity index (χ4n) is 1.88. The minimum Gasteiger partial charge on any atom is -0.399 e. The van der Waals surface area contributed by atoms with E-state index >= 15 is 0 Å². The molecule has 1 heterocycles. The van der Waals surface area contributed by atoms with Crippen LogP contribution in [0.3, 0.4) is 0 Å². The number of nitrogens with one attached hydrogen (secondary N) is 1. The third-order valence-corrected chi connectivity index (χ3v) is 3.62. The second-order valence-corrected chi connectivity index (χ2v) is 5.04. The molecular weight excluding hydrogens is 284 g/mol. The summed E-state index contributed by atoms with van der Waals surface area (Å²) < 4.78 is 6.15. The zero-order valence-electron chi connectivity index (χ0n) is 9.57. The summed E-state index contributed by atoms with van der Waals surface area (Å²) in [4.78, 5) is 12.1. The molecule has 1 aromatic carbocycles. The van der Waals surface area contributed by atoms with E-state index in [1.54, 1.807) is 18.2 Å². The van der Waals surface area contributed by atoms with Gasteiger partial charge in [0.1, 0.15) is 0 Å². The van der Waals surface area contributed by atoms with E-state index in [9.17, 15) is 4.79 Å². The second kappa shape index (κ2) is 5.06. The van der Waals surface area contributed by atoms with Crippen molar-refractivity contribution in [1.29, 1.82) is 0 Å². The molecule has 1 amide bonds. The number of nitrogens with two attached hydrogens (primary N) is 1. The minimum absolute atomic E-state index is 0.0683. The van der Waals surface area contributed by atoms with E-state index in [1.165, 1.54) is 0 Å². The largest absolute Gasteiger partial charge is 0.399 e. The smallest absolute Gasteiger partial charge is 0.252 e. The van der Waals surface area contributed by atoms with Crippen molar-refractivity contribution < 1.29 is 9.53 Å². The fraction of sp³-hybridized carbons (Fsp3) is 0.417. The maximum atomic E-state index is 12.1. The molecule has 2 unspecified atom stereocenters. The van der Waals surface area contributed by atoms with Gasteiger partial charge < -0.3 is 15.8 Å². The summed E-state index contributed by atoms with van der Waals surface area (Å²) in [6.45, 7) is 2.66.